The minimum Gasteiger partial charge on any atom is -0.466 e. The van der Waals surface area contributed by atoms with Gasteiger partial charge in [-0.25, -0.2) is 4.98 Å². The van der Waals surface area contributed by atoms with Crippen molar-refractivity contribution in [2.75, 3.05) is 23.0 Å². The van der Waals surface area contributed by atoms with Gasteiger partial charge in [0, 0.05) is 21.5 Å². The Labute approximate surface area is 194 Å². The quantitative estimate of drug-likeness (QED) is 0.353. The molecule has 0 aliphatic carbocycles. The monoisotopic (exact) mass is 469 g/mol. The molecular weight excluding hydrogens is 446 g/mol. The standard InChI is InChI=1S/C23H23N3O4S2/c1-3-30-21(28)12-18-13-32-23(25-18)26-20(27)14-31-19-9-7-17(8-10-19)24-22(29)16-6-4-5-15(2)11-16/h4-11,13H,3,12,14H2,1-2H3,(H,24,29)(H,25,26,27). The Morgan fingerprint density at radius 2 is 1.88 bits per heavy atom. The molecule has 166 valence electrons. The number of esters is 1. The maximum absolute atomic E-state index is 12.3. The second-order valence-electron chi connectivity index (χ2n) is 6.81. The van der Waals surface area contributed by atoms with Crippen LogP contribution in [0.2, 0.25) is 0 Å². The molecule has 2 aromatic carbocycles. The number of benzene rings is 2. The Morgan fingerprint density at radius 1 is 1.09 bits per heavy atom. The van der Waals surface area contributed by atoms with Crippen LogP contribution >= 0.6 is 23.1 Å². The van der Waals surface area contributed by atoms with Gasteiger partial charge < -0.3 is 15.4 Å². The summed E-state index contributed by atoms with van der Waals surface area (Å²) in [4.78, 5) is 41.2. The van der Waals surface area contributed by atoms with Gasteiger partial charge in [-0.05, 0) is 50.2 Å². The molecule has 0 fully saturated rings. The summed E-state index contributed by atoms with van der Waals surface area (Å²) < 4.78 is 4.89. The third kappa shape index (κ3) is 7.21. The van der Waals surface area contributed by atoms with Crippen LogP contribution in [-0.2, 0) is 20.7 Å². The molecule has 0 saturated carbocycles. The van der Waals surface area contributed by atoms with Gasteiger partial charge in [-0.15, -0.1) is 23.1 Å². The van der Waals surface area contributed by atoms with Crippen molar-refractivity contribution in [3.63, 3.8) is 0 Å². The number of hydrogen-bond acceptors (Lipinski definition) is 7. The van der Waals surface area contributed by atoms with E-state index in [1.165, 1.54) is 23.1 Å². The van der Waals surface area contributed by atoms with Crippen LogP contribution in [0.25, 0.3) is 0 Å². The first-order valence-electron chi connectivity index (χ1n) is 9.93. The van der Waals surface area contributed by atoms with Crippen molar-refractivity contribution in [2.24, 2.45) is 0 Å². The second kappa shape index (κ2) is 11.4. The number of anilines is 2. The van der Waals surface area contributed by atoms with Crippen molar-refractivity contribution in [3.05, 3.63) is 70.7 Å². The summed E-state index contributed by atoms with van der Waals surface area (Å²) in [5, 5.41) is 7.78. The zero-order valence-corrected chi connectivity index (χ0v) is 19.3. The fraction of sp³-hybridized carbons (Fsp3) is 0.217. The molecule has 0 unspecified atom stereocenters. The van der Waals surface area contributed by atoms with Crippen LogP contribution in [0.5, 0.6) is 0 Å². The van der Waals surface area contributed by atoms with E-state index in [9.17, 15) is 14.4 Å². The predicted molar refractivity (Wildman–Crippen MR) is 127 cm³/mol. The lowest BCUT2D eigenvalue weighted by atomic mass is 10.1. The smallest absolute Gasteiger partial charge is 0.311 e. The van der Waals surface area contributed by atoms with Gasteiger partial charge >= 0.3 is 5.97 Å². The average Bonchev–Trinajstić information content (AvgIpc) is 3.19. The summed E-state index contributed by atoms with van der Waals surface area (Å²) in [6.07, 6.45) is 0.0850. The Bertz CT molecular complexity index is 1100. The first kappa shape index (κ1) is 23.5. The van der Waals surface area contributed by atoms with E-state index in [2.05, 4.69) is 15.6 Å². The van der Waals surface area contributed by atoms with Crippen LogP contribution in [0, 0.1) is 6.92 Å². The van der Waals surface area contributed by atoms with Crippen LogP contribution in [0.4, 0.5) is 10.8 Å². The van der Waals surface area contributed by atoms with Gasteiger partial charge in [-0.3, -0.25) is 14.4 Å². The summed E-state index contributed by atoms with van der Waals surface area (Å²) in [7, 11) is 0. The fourth-order valence-electron chi connectivity index (χ4n) is 2.73. The number of hydrogen-bond donors (Lipinski definition) is 2. The molecule has 1 heterocycles. The first-order chi connectivity index (χ1) is 15.4. The van der Waals surface area contributed by atoms with E-state index in [0.717, 1.165) is 10.5 Å². The van der Waals surface area contributed by atoms with E-state index in [4.69, 9.17) is 4.74 Å². The van der Waals surface area contributed by atoms with E-state index in [-0.39, 0.29) is 30.0 Å². The Hall–Kier alpha value is -3.17. The molecule has 0 aliphatic heterocycles. The molecule has 0 atom stereocenters. The minimum absolute atomic E-state index is 0.0850. The molecule has 0 radical (unpaired) electrons. The largest absolute Gasteiger partial charge is 0.466 e. The maximum Gasteiger partial charge on any atom is 0.311 e. The lowest BCUT2D eigenvalue weighted by Gasteiger charge is -2.07. The number of nitrogens with one attached hydrogen (secondary N) is 2. The molecule has 2 amide bonds. The lowest BCUT2D eigenvalue weighted by Crippen LogP contribution is -2.14. The number of ether oxygens (including phenoxy) is 1. The maximum atomic E-state index is 12.3. The lowest BCUT2D eigenvalue weighted by molar-refractivity contribution is -0.142. The van der Waals surface area contributed by atoms with Gasteiger partial charge in [0.25, 0.3) is 5.91 Å². The van der Waals surface area contributed by atoms with Crippen molar-refractivity contribution in [1.29, 1.82) is 0 Å². The molecule has 0 saturated heterocycles. The molecule has 7 nitrogen and oxygen atoms in total. The summed E-state index contributed by atoms with van der Waals surface area (Å²) in [5.41, 5.74) is 2.88. The Kier molecular flexibility index (Phi) is 8.41. The van der Waals surface area contributed by atoms with E-state index in [1.807, 2.05) is 37.3 Å². The molecule has 2 N–H and O–H groups in total. The van der Waals surface area contributed by atoms with Crippen LogP contribution in [0.1, 0.15) is 28.5 Å². The van der Waals surface area contributed by atoms with Gasteiger partial charge in [0.2, 0.25) is 5.91 Å². The fourth-order valence-corrected chi connectivity index (χ4v) is 4.16. The minimum atomic E-state index is -0.343. The number of nitrogens with zero attached hydrogens (tertiary/aromatic N) is 1. The van der Waals surface area contributed by atoms with Gasteiger partial charge in [0.1, 0.15) is 0 Å². The Morgan fingerprint density at radius 3 is 2.59 bits per heavy atom. The number of thioether (sulfide) groups is 1. The first-order valence-corrected chi connectivity index (χ1v) is 11.8. The van der Waals surface area contributed by atoms with Crippen molar-refractivity contribution < 1.29 is 19.1 Å². The highest BCUT2D eigenvalue weighted by Gasteiger charge is 2.11. The molecule has 3 rings (SSSR count). The van der Waals surface area contributed by atoms with Gasteiger partial charge in [-0.1, -0.05) is 17.7 Å². The highest BCUT2D eigenvalue weighted by molar-refractivity contribution is 8.00. The Balaban J connectivity index is 1.45. The average molecular weight is 470 g/mol. The second-order valence-corrected chi connectivity index (χ2v) is 8.72. The third-order valence-electron chi connectivity index (χ3n) is 4.19. The molecule has 0 bridgehead atoms. The van der Waals surface area contributed by atoms with Crippen LogP contribution in [0.15, 0.2) is 58.8 Å². The van der Waals surface area contributed by atoms with E-state index in [0.29, 0.717) is 28.7 Å². The summed E-state index contributed by atoms with van der Waals surface area (Å²) in [6.45, 7) is 4.01. The molecule has 1 aromatic heterocycles. The van der Waals surface area contributed by atoms with Crippen molar-refractivity contribution in [3.8, 4) is 0 Å². The summed E-state index contributed by atoms with van der Waals surface area (Å²) >= 11 is 2.64. The van der Waals surface area contributed by atoms with E-state index in [1.54, 1.807) is 30.5 Å². The van der Waals surface area contributed by atoms with E-state index < -0.39 is 0 Å². The molecular formula is C23H23N3O4S2. The molecule has 0 aliphatic rings. The summed E-state index contributed by atoms with van der Waals surface area (Å²) in [6, 6.07) is 14.7. The highest BCUT2D eigenvalue weighted by Crippen LogP contribution is 2.22. The van der Waals surface area contributed by atoms with Gasteiger partial charge in [-0.2, -0.15) is 0 Å². The number of carbonyl (C=O) groups excluding carboxylic acids is 3. The number of thiazole rings is 1. The van der Waals surface area contributed by atoms with Gasteiger partial charge in [0.15, 0.2) is 5.13 Å². The van der Waals surface area contributed by atoms with Crippen LogP contribution in [-0.4, -0.2) is 35.1 Å². The zero-order chi connectivity index (χ0) is 22.9. The SMILES string of the molecule is CCOC(=O)Cc1csc(NC(=O)CSc2ccc(NC(=O)c3cccc(C)c3)cc2)n1. The predicted octanol–water partition coefficient (Wildman–Crippen LogP) is 4.54. The van der Waals surface area contributed by atoms with E-state index >= 15 is 0 Å². The number of amides is 2. The molecule has 3 aromatic rings. The molecule has 32 heavy (non-hydrogen) atoms. The van der Waals surface area contributed by atoms with Crippen molar-refractivity contribution in [1.82, 2.24) is 4.98 Å². The number of carbonyl (C=O) groups is 3. The summed E-state index contributed by atoms with van der Waals surface area (Å²) in [5.74, 6) is -0.491. The van der Waals surface area contributed by atoms with Crippen LogP contribution in [0.3, 0.4) is 0 Å². The topological polar surface area (TPSA) is 97.4 Å². The number of aromatic nitrogens is 1. The number of aryl methyl sites for hydroxylation is 1. The highest BCUT2D eigenvalue weighted by atomic mass is 32.2. The normalized spacial score (nSPS) is 10.4. The van der Waals surface area contributed by atoms with Gasteiger partial charge in [0.05, 0.1) is 24.5 Å². The van der Waals surface area contributed by atoms with Crippen molar-refractivity contribution >= 4 is 51.7 Å². The van der Waals surface area contributed by atoms with Crippen molar-refractivity contribution in [2.45, 2.75) is 25.2 Å². The molecule has 9 heteroatoms. The number of rotatable bonds is 9. The zero-order valence-electron chi connectivity index (χ0n) is 17.7. The molecule has 0 spiro atoms. The third-order valence-corrected chi connectivity index (χ3v) is 6.01. The van der Waals surface area contributed by atoms with Crippen LogP contribution < -0.4 is 10.6 Å².